The highest BCUT2D eigenvalue weighted by atomic mass is 19.2. The summed E-state index contributed by atoms with van der Waals surface area (Å²) in [6, 6.07) is 2.43. The number of halogens is 5. The average Bonchev–Trinajstić information content (AvgIpc) is 2.42. The number of hydrogen-bond donors (Lipinski definition) is 2. The molecule has 2 aromatic rings. The molecule has 0 fully saturated rings. The molecule has 0 aliphatic rings. The fourth-order valence-corrected chi connectivity index (χ4v) is 1.55. The molecule has 3 N–H and O–H groups in total. The first-order valence-corrected chi connectivity index (χ1v) is 5.50. The number of benzene rings is 2. The minimum atomic E-state index is -1.83. The Morgan fingerprint density at radius 3 is 2.24 bits per heavy atom. The lowest BCUT2D eigenvalue weighted by Crippen LogP contribution is -2.16. The maximum absolute atomic E-state index is 13.4. The quantitative estimate of drug-likeness (QED) is 0.508. The summed E-state index contributed by atoms with van der Waals surface area (Å²) in [5, 5.41) is 1.89. The molecule has 110 valence electrons. The molecular formula is C13H7F5N2O. The normalized spacial score (nSPS) is 10.5. The second kappa shape index (κ2) is 5.39. The monoisotopic (exact) mass is 302 g/mol. The van der Waals surface area contributed by atoms with Crippen LogP contribution in [0.15, 0.2) is 24.3 Å². The van der Waals surface area contributed by atoms with E-state index in [1.807, 2.05) is 5.32 Å². The first-order valence-electron chi connectivity index (χ1n) is 5.50. The number of carbonyl (C=O) groups excluding carboxylic acids is 1. The summed E-state index contributed by atoms with van der Waals surface area (Å²) in [5.41, 5.74) is 3.39. The van der Waals surface area contributed by atoms with Crippen LogP contribution in [0.5, 0.6) is 0 Å². The van der Waals surface area contributed by atoms with Crippen molar-refractivity contribution < 1.29 is 26.7 Å². The molecule has 0 saturated heterocycles. The highest BCUT2D eigenvalue weighted by molar-refractivity contribution is 6.04. The Kier molecular flexibility index (Phi) is 3.79. The topological polar surface area (TPSA) is 55.1 Å². The van der Waals surface area contributed by atoms with Gasteiger partial charge in [0.2, 0.25) is 0 Å². The summed E-state index contributed by atoms with van der Waals surface area (Å²) in [7, 11) is 0. The lowest BCUT2D eigenvalue weighted by molar-refractivity contribution is 0.102. The van der Waals surface area contributed by atoms with Crippen molar-refractivity contribution in [1.29, 1.82) is 0 Å². The summed E-state index contributed by atoms with van der Waals surface area (Å²) in [6.45, 7) is 0. The number of anilines is 2. The summed E-state index contributed by atoms with van der Waals surface area (Å²) in [6.07, 6.45) is 0. The zero-order valence-electron chi connectivity index (χ0n) is 10.2. The second-order valence-corrected chi connectivity index (χ2v) is 4.03. The molecule has 0 aromatic heterocycles. The number of nitrogens with two attached hydrogens (primary N) is 1. The zero-order chi connectivity index (χ0) is 15.7. The van der Waals surface area contributed by atoms with Gasteiger partial charge in [-0.15, -0.1) is 0 Å². The molecule has 0 atom stereocenters. The van der Waals surface area contributed by atoms with Crippen LogP contribution in [0.1, 0.15) is 10.4 Å². The molecule has 0 spiro atoms. The van der Waals surface area contributed by atoms with Crippen LogP contribution in [0, 0.1) is 29.1 Å². The number of amides is 1. The van der Waals surface area contributed by atoms with E-state index in [-0.39, 0.29) is 0 Å². The van der Waals surface area contributed by atoms with Gasteiger partial charge in [0.05, 0.1) is 16.9 Å². The lowest BCUT2D eigenvalue weighted by atomic mass is 10.1. The third kappa shape index (κ3) is 2.78. The summed E-state index contributed by atoms with van der Waals surface area (Å²) in [4.78, 5) is 11.7. The fraction of sp³-hybridized carbons (Fsp3) is 0. The van der Waals surface area contributed by atoms with Crippen molar-refractivity contribution in [3.63, 3.8) is 0 Å². The van der Waals surface area contributed by atoms with Crippen LogP contribution in [0.4, 0.5) is 33.3 Å². The van der Waals surface area contributed by atoms with Gasteiger partial charge in [0.15, 0.2) is 17.5 Å². The van der Waals surface area contributed by atoms with Gasteiger partial charge in [0.1, 0.15) is 11.6 Å². The second-order valence-electron chi connectivity index (χ2n) is 4.03. The number of hydrogen-bond acceptors (Lipinski definition) is 2. The highest BCUT2D eigenvalue weighted by Gasteiger charge is 2.20. The van der Waals surface area contributed by atoms with Crippen LogP contribution in [0.25, 0.3) is 0 Å². The van der Waals surface area contributed by atoms with E-state index in [1.165, 1.54) is 0 Å². The molecule has 0 saturated carbocycles. The van der Waals surface area contributed by atoms with Crippen LogP contribution in [0.2, 0.25) is 0 Å². The smallest absolute Gasteiger partial charge is 0.258 e. The average molecular weight is 302 g/mol. The van der Waals surface area contributed by atoms with Gasteiger partial charge in [-0.05, 0) is 18.2 Å². The Labute approximate surface area is 115 Å². The molecule has 21 heavy (non-hydrogen) atoms. The van der Waals surface area contributed by atoms with Crippen molar-refractivity contribution >= 4 is 17.3 Å². The van der Waals surface area contributed by atoms with E-state index < -0.39 is 51.9 Å². The Balaban J connectivity index is 2.35. The molecule has 0 radical (unpaired) electrons. The summed E-state index contributed by atoms with van der Waals surface area (Å²) >= 11 is 0. The van der Waals surface area contributed by atoms with E-state index in [4.69, 9.17) is 5.73 Å². The Bertz CT molecular complexity index is 733. The summed E-state index contributed by atoms with van der Waals surface area (Å²) < 4.78 is 65.5. The Morgan fingerprint density at radius 2 is 1.57 bits per heavy atom. The van der Waals surface area contributed by atoms with E-state index in [0.717, 1.165) is 6.07 Å². The van der Waals surface area contributed by atoms with E-state index in [2.05, 4.69) is 0 Å². The van der Waals surface area contributed by atoms with Gasteiger partial charge in [-0.3, -0.25) is 4.79 Å². The first kappa shape index (κ1) is 14.8. The minimum absolute atomic E-state index is 0.423. The van der Waals surface area contributed by atoms with Crippen molar-refractivity contribution in [1.82, 2.24) is 0 Å². The van der Waals surface area contributed by atoms with E-state index in [1.54, 1.807) is 0 Å². The zero-order valence-corrected chi connectivity index (χ0v) is 10.2. The van der Waals surface area contributed by atoms with E-state index in [9.17, 15) is 26.7 Å². The molecule has 2 aromatic carbocycles. The molecule has 8 heteroatoms. The summed E-state index contributed by atoms with van der Waals surface area (Å²) in [5.74, 6) is -8.45. The van der Waals surface area contributed by atoms with Crippen molar-refractivity contribution in [3.8, 4) is 0 Å². The van der Waals surface area contributed by atoms with Gasteiger partial charge in [0.25, 0.3) is 5.91 Å². The van der Waals surface area contributed by atoms with E-state index >= 15 is 0 Å². The molecular weight excluding hydrogens is 295 g/mol. The van der Waals surface area contributed by atoms with Crippen molar-refractivity contribution in [2.45, 2.75) is 0 Å². The Hall–Kier alpha value is -2.64. The third-order valence-corrected chi connectivity index (χ3v) is 2.61. The lowest BCUT2D eigenvalue weighted by Gasteiger charge is -2.09. The number of nitrogens with one attached hydrogen (secondary N) is 1. The van der Waals surface area contributed by atoms with Crippen LogP contribution < -0.4 is 11.1 Å². The van der Waals surface area contributed by atoms with Crippen LogP contribution in [-0.2, 0) is 0 Å². The minimum Gasteiger partial charge on any atom is -0.396 e. The molecule has 3 nitrogen and oxygen atoms in total. The highest BCUT2D eigenvalue weighted by Crippen LogP contribution is 2.22. The maximum atomic E-state index is 13.4. The van der Waals surface area contributed by atoms with Gasteiger partial charge in [-0.2, -0.15) is 0 Å². The number of nitrogen functional groups attached to an aromatic ring is 1. The third-order valence-electron chi connectivity index (χ3n) is 2.61. The molecule has 0 heterocycles. The molecule has 0 unspecified atom stereocenters. The van der Waals surface area contributed by atoms with Gasteiger partial charge in [0, 0.05) is 6.07 Å². The van der Waals surface area contributed by atoms with Gasteiger partial charge in [-0.1, -0.05) is 0 Å². The largest absolute Gasteiger partial charge is 0.396 e. The molecule has 2 rings (SSSR count). The van der Waals surface area contributed by atoms with Crippen molar-refractivity contribution in [2.24, 2.45) is 0 Å². The van der Waals surface area contributed by atoms with Crippen LogP contribution in [0.3, 0.4) is 0 Å². The van der Waals surface area contributed by atoms with Crippen molar-refractivity contribution in [2.75, 3.05) is 11.1 Å². The van der Waals surface area contributed by atoms with Crippen LogP contribution in [-0.4, -0.2) is 5.91 Å². The van der Waals surface area contributed by atoms with Gasteiger partial charge >= 0.3 is 0 Å². The fourth-order valence-electron chi connectivity index (χ4n) is 1.55. The molecule has 0 aliphatic heterocycles. The molecule has 0 bridgehead atoms. The molecule has 0 aliphatic carbocycles. The van der Waals surface area contributed by atoms with Crippen molar-refractivity contribution in [3.05, 3.63) is 58.9 Å². The first-order chi connectivity index (χ1) is 9.81. The van der Waals surface area contributed by atoms with Crippen LogP contribution >= 0.6 is 0 Å². The number of rotatable bonds is 2. The number of carbonyl (C=O) groups is 1. The molecule has 1 amide bonds. The maximum Gasteiger partial charge on any atom is 0.258 e. The SMILES string of the molecule is Nc1cc(NC(=O)c2ccc(F)c(F)c2F)c(F)cc1F. The van der Waals surface area contributed by atoms with Gasteiger partial charge < -0.3 is 11.1 Å². The van der Waals surface area contributed by atoms with Gasteiger partial charge in [-0.25, -0.2) is 22.0 Å². The Morgan fingerprint density at radius 1 is 0.905 bits per heavy atom. The predicted molar refractivity (Wildman–Crippen MR) is 65.0 cm³/mol. The van der Waals surface area contributed by atoms with E-state index in [0.29, 0.717) is 18.2 Å². The predicted octanol–water partition coefficient (Wildman–Crippen LogP) is 3.22. The standard InChI is InChI=1S/C13H7F5N2O/c14-6-2-1-5(11(17)12(6)18)13(21)20-10-4-9(19)7(15)3-8(10)16/h1-4H,19H2,(H,20,21).